The molecule has 0 bridgehead atoms. The highest BCUT2D eigenvalue weighted by atomic mass is 16.5. The van der Waals surface area contributed by atoms with Gasteiger partial charge < -0.3 is 9.47 Å². The number of carbonyl (C=O) groups excluding carboxylic acids is 2. The lowest BCUT2D eigenvalue weighted by molar-refractivity contribution is -0.137. The van der Waals surface area contributed by atoms with Crippen LogP contribution in [0.15, 0.2) is 12.3 Å². The van der Waals surface area contributed by atoms with Crippen LogP contribution in [0.4, 0.5) is 0 Å². The van der Waals surface area contributed by atoms with Gasteiger partial charge in [-0.15, -0.1) is 5.10 Å². The van der Waals surface area contributed by atoms with Gasteiger partial charge in [-0.05, 0) is 13.8 Å². The van der Waals surface area contributed by atoms with Crippen molar-refractivity contribution in [1.29, 1.82) is 0 Å². The first-order chi connectivity index (χ1) is 8.17. The quantitative estimate of drug-likeness (QED) is 0.549. The van der Waals surface area contributed by atoms with Gasteiger partial charge in [0.15, 0.2) is 5.69 Å². The first kappa shape index (κ1) is 12.9. The lowest BCUT2D eigenvalue weighted by Crippen LogP contribution is -2.04. The van der Waals surface area contributed by atoms with E-state index in [1.807, 2.05) is 0 Å². The van der Waals surface area contributed by atoms with Gasteiger partial charge in [0.1, 0.15) is 0 Å². The third-order valence-corrected chi connectivity index (χ3v) is 1.64. The minimum atomic E-state index is -0.553. The Morgan fingerprint density at radius 1 is 1.35 bits per heavy atom. The largest absolute Gasteiger partial charge is 0.463 e. The molecule has 1 heterocycles. The lowest BCUT2D eigenvalue weighted by atomic mass is 10.5. The zero-order chi connectivity index (χ0) is 12.7. The minimum absolute atomic E-state index is 0.0837. The second kappa shape index (κ2) is 6.41. The smallest absolute Gasteiger partial charge is 0.360 e. The average molecular weight is 239 g/mol. The molecule has 17 heavy (non-hydrogen) atoms. The van der Waals surface area contributed by atoms with Crippen molar-refractivity contribution in [2.75, 3.05) is 13.2 Å². The van der Waals surface area contributed by atoms with Crippen LogP contribution in [0.5, 0.6) is 0 Å². The first-order valence-electron chi connectivity index (χ1n) is 5.11. The molecule has 1 aromatic heterocycles. The van der Waals surface area contributed by atoms with Crippen LogP contribution in [0, 0.1) is 0 Å². The first-order valence-corrected chi connectivity index (χ1v) is 5.11. The predicted molar refractivity (Wildman–Crippen MR) is 57.9 cm³/mol. The van der Waals surface area contributed by atoms with Crippen molar-refractivity contribution in [3.63, 3.8) is 0 Å². The molecule has 0 saturated carbocycles. The van der Waals surface area contributed by atoms with E-state index in [2.05, 4.69) is 15.0 Å². The molecular weight excluding hydrogens is 226 g/mol. The molecule has 1 aromatic rings. The second-order valence-corrected chi connectivity index (χ2v) is 2.87. The molecule has 0 aliphatic rings. The molecule has 0 aromatic carbocycles. The van der Waals surface area contributed by atoms with Crippen LogP contribution < -0.4 is 0 Å². The SMILES string of the molecule is CCOC(=O)/C=C\n1cc(C(=O)OCC)nn1. The summed E-state index contributed by atoms with van der Waals surface area (Å²) in [6.07, 6.45) is 3.88. The van der Waals surface area contributed by atoms with Crippen LogP contribution in [-0.4, -0.2) is 40.1 Å². The summed E-state index contributed by atoms with van der Waals surface area (Å²) in [4.78, 5) is 22.2. The molecule has 0 amide bonds. The fourth-order valence-electron chi connectivity index (χ4n) is 0.976. The molecule has 1 rings (SSSR count). The van der Waals surface area contributed by atoms with Crippen molar-refractivity contribution in [2.24, 2.45) is 0 Å². The van der Waals surface area contributed by atoms with Gasteiger partial charge in [-0.1, -0.05) is 5.21 Å². The number of esters is 2. The van der Waals surface area contributed by atoms with Crippen molar-refractivity contribution >= 4 is 18.1 Å². The maximum atomic E-state index is 11.2. The summed E-state index contributed by atoms with van der Waals surface area (Å²) in [5, 5.41) is 7.22. The van der Waals surface area contributed by atoms with Crippen molar-refractivity contribution in [2.45, 2.75) is 13.8 Å². The monoisotopic (exact) mass is 239 g/mol. The van der Waals surface area contributed by atoms with Gasteiger partial charge >= 0.3 is 11.9 Å². The summed E-state index contributed by atoms with van der Waals surface area (Å²) in [6, 6.07) is 0. The van der Waals surface area contributed by atoms with E-state index in [9.17, 15) is 9.59 Å². The van der Waals surface area contributed by atoms with Crippen molar-refractivity contribution in [3.05, 3.63) is 18.0 Å². The summed E-state index contributed by atoms with van der Waals surface area (Å²) in [5.41, 5.74) is 0.0837. The summed E-state index contributed by atoms with van der Waals surface area (Å²) in [5.74, 6) is -1.04. The molecule has 0 N–H and O–H groups in total. The Balaban J connectivity index is 2.62. The van der Waals surface area contributed by atoms with Crippen LogP contribution in [-0.2, 0) is 14.3 Å². The van der Waals surface area contributed by atoms with Crippen LogP contribution in [0.3, 0.4) is 0 Å². The van der Waals surface area contributed by atoms with Gasteiger partial charge in [0.25, 0.3) is 0 Å². The van der Waals surface area contributed by atoms with Gasteiger partial charge in [0, 0.05) is 12.3 Å². The van der Waals surface area contributed by atoms with Crippen LogP contribution in [0.2, 0.25) is 0 Å². The highest BCUT2D eigenvalue weighted by Gasteiger charge is 2.10. The summed E-state index contributed by atoms with van der Waals surface area (Å²) in [6.45, 7) is 3.97. The van der Waals surface area contributed by atoms with Gasteiger partial charge in [0.2, 0.25) is 0 Å². The van der Waals surface area contributed by atoms with Crippen LogP contribution >= 0.6 is 0 Å². The fourth-order valence-corrected chi connectivity index (χ4v) is 0.976. The van der Waals surface area contributed by atoms with Crippen LogP contribution in [0.25, 0.3) is 6.20 Å². The number of ether oxygens (including phenoxy) is 2. The van der Waals surface area contributed by atoms with Gasteiger partial charge in [-0.3, -0.25) is 0 Å². The highest BCUT2D eigenvalue weighted by Crippen LogP contribution is 1.97. The van der Waals surface area contributed by atoms with Gasteiger partial charge in [-0.25, -0.2) is 14.3 Å². The number of hydrogen-bond acceptors (Lipinski definition) is 6. The molecule has 0 atom stereocenters. The second-order valence-electron chi connectivity index (χ2n) is 2.87. The third-order valence-electron chi connectivity index (χ3n) is 1.64. The summed E-state index contributed by atoms with van der Waals surface area (Å²) < 4.78 is 10.6. The van der Waals surface area contributed by atoms with Crippen molar-refractivity contribution < 1.29 is 19.1 Å². The molecule has 0 radical (unpaired) electrons. The Bertz CT molecular complexity index is 425. The van der Waals surface area contributed by atoms with E-state index in [0.717, 1.165) is 0 Å². The number of rotatable bonds is 5. The molecule has 0 unspecified atom stereocenters. The number of aromatic nitrogens is 3. The van der Waals surface area contributed by atoms with Crippen molar-refractivity contribution in [3.8, 4) is 0 Å². The Hall–Kier alpha value is -2.18. The molecule has 0 saturated heterocycles. The van der Waals surface area contributed by atoms with Gasteiger partial charge in [-0.2, -0.15) is 0 Å². The molecule has 92 valence electrons. The standard InChI is InChI=1S/C10H13N3O4/c1-3-16-9(14)5-6-13-7-8(11-12-13)10(15)17-4-2/h5-7H,3-4H2,1-2H3/b6-5-. The number of nitrogens with zero attached hydrogens (tertiary/aromatic N) is 3. The Kier molecular flexibility index (Phi) is 4.86. The molecule has 0 aliphatic heterocycles. The van der Waals surface area contributed by atoms with Crippen molar-refractivity contribution in [1.82, 2.24) is 15.0 Å². The maximum Gasteiger partial charge on any atom is 0.360 e. The molecule has 0 spiro atoms. The summed E-state index contributed by atoms with van der Waals surface area (Å²) >= 11 is 0. The van der Waals surface area contributed by atoms with E-state index < -0.39 is 11.9 Å². The maximum absolute atomic E-state index is 11.2. The fraction of sp³-hybridized carbons (Fsp3) is 0.400. The molecule has 0 fully saturated rings. The lowest BCUT2D eigenvalue weighted by Gasteiger charge is -1.95. The molecular formula is C10H13N3O4. The average Bonchev–Trinajstić information content (AvgIpc) is 2.76. The Morgan fingerprint density at radius 3 is 2.71 bits per heavy atom. The minimum Gasteiger partial charge on any atom is -0.463 e. The van der Waals surface area contributed by atoms with E-state index in [1.54, 1.807) is 13.8 Å². The zero-order valence-electron chi connectivity index (χ0n) is 9.62. The van der Waals surface area contributed by atoms with E-state index in [0.29, 0.717) is 6.61 Å². The molecule has 7 nitrogen and oxygen atoms in total. The predicted octanol–water partition coefficient (Wildman–Crippen LogP) is 0.489. The molecule has 7 heteroatoms. The normalized spacial score (nSPS) is 10.5. The number of carbonyl (C=O) groups is 2. The number of hydrogen-bond donors (Lipinski definition) is 0. The Morgan fingerprint density at radius 2 is 2.06 bits per heavy atom. The zero-order valence-corrected chi connectivity index (χ0v) is 9.62. The van der Waals surface area contributed by atoms with Gasteiger partial charge in [0.05, 0.1) is 19.4 Å². The Labute approximate surface area is 98.0 Å². The highest BCUT2D eigenvalue weighted by molar-refractivity contribution is 5.87. The van der Waals surface area contributed by atoms with E-state index in [4.69, 9.17) is 4.74 Å². The summed E-state index contributed by atoms with van der Waals surface area (Å²) in [7, 11) is 0. The van der Waals surface area contributed by atoms with E-state index in [-0.39, 0.29) is 12.3 Å². The van der Waals surface area contributed by atoms with E-state index >= 15 is 0 Å². The third kappa shape index (κ3) is 4.06. The van der Waals surface area contributed by atoms with Crippen LogP contribution in [0.1, 0.15) is 24.3 Å². The molecule has 0 aliphatic carbocycles. The topological polar surface area (TPSA) is 83.3 Å². The van der Waals surface area contributed by atoms with E-state index in [1.165, 1.54) is 23.2 Å².